The summed E-state index contributed by atoms with van der Waals surface area (Å²) in [5, 5.41) is 6.61. The summed E-state index contributed by atoms with van der Waals surface area (Å²) >= 11 is 6.07. The molecular weight excluding hydrogens is 238 g/mol. The van der Waals surface area contributed by atoms with E-state index in [9.17, 15) is 4.79 Å². The predicted octanol–water partition coefficient (Wildman–Crippen LogP) is 2.23. The van der Waals surface area contributed by atoms with Crippen LogP contribution in [0.25, 0.3) is 0 Å². The van der Waals surface area contributed by atoms with Gasteiger partial charge in [0.1, 0.15) is 0 Å². The Labute approximate surface area is 107 Å². The Morgan fingerprint density at radius 2 is 2.12 bits per heavy atom. The highest BCUT2D eigenvalue weighted by molar-refractivity contribution is 6.33. The van der Waals surface area contributed by atoms with Gasteiger partial charge in [-0.15, -0.1) is 0 Å². The highest BCUT2D eigenvalue weighted by atomic mass is 35.5. The van der Waals surface area contributed by atoms with Crippen LogP contribution < -0.4 is 10.6 Å². The molecule has 1 aromatic rings. The summed E-state index contributed by atoms with van der Waals surface area (Å²) in [4.78, 5) is 14.3. The molecule has 17 heavy (non-hydrogen) atoms. The molecule has 1 rings (SSSR count). The van der Waals surface area contributed by atoms with Gasteiger partial charge in [0.25, 0.3) is 0 Å². The average molecular weight is 256 g/mol. The van der Waals surface area contributed by atoms with Crippen LogP contribution >= 0.6 is 11.6 Å². The molecule has 0 atom stereocenters. The Morgan fingerprint density at radius 3 is 2.71 bits per heavy atom. The molecule has 1 amide bonds. The van der Waals surface area contributed by atoms with Crippen LogP contribution in [0.15, 0.2) is 12.4 Å². The van der Waals surface area contributed by atoms with Crippen LogP contribution in [0, 0.1) is 12.3 Å². The molecule has 0 fully saturated rings. The van der Waals surface area contributed by atoms with Crippen LogP contribution in [0.4, 0.5) is 5.69 Å². The number of hydrogen-bond donors (Lipinski definition) is 2. The number of pyridine rings is 1. The second-order valence-electron chi connectivity index (χ2n) is 4.83. The number of carbonyl (C=O) groups is 1. The molecule has 0 spiro atoms. The molecule has 94 valence electrons. The first-order valence-corrected chi connectivity index (χ1v) is 5.85. The quantitative estimate of drug-likeness (QED) is 0.767. The minimum Gasteiger partial charge on any atom is -0.383 e. The Kier molecular flexibility index (Phi) is 4.75. The summed E-state index contributed by atoms with van der Waals surface area (Å²) in [7, 11) is 0. The largest absolute Gasteiger partial charge is 0.383 e. The molecular formula is C12H18ClN3O. The van der Waals surface area contributed by atoms with Crippen molar-refractivity contribution >= 4 is 23.7 Å². The molecule has 0 saturated carbocycles. The van der Waals surface area contributed by atoms with Crippen molar-refractivity contribution in [1.82, 2.24) is 10.3 Å². The van der Waals surface area contributed by atoms with Crippen molar-refractivity contribution in [3.63, 3.8) is 0 Å². The number of amides is 1. The SMILES string of the molecule is Cc1cncc(Cl)c1NCC(C)(C)CNC=O. The lowest BCUT2D eigenvalue weighted by molar-refractivity contribution is -0.109. The lowest BCUT2D eigenvalue weighted by atomic mass is 9.93. The molecule has 0 aromatic carbocycles. The summed E-state index contributed by atoms with van der Waals surface area (Å²) < 4.78 is 0. The first kappa shape index (κ1) is 13.8. The summed E-state index contributed by atoms with van der Waals surface area (Å²) in [5.74, 6) is 0. The number of rotatable bonds is 6. The molecule has 0 unspecified atom stereocenters. The lowest BCUT2D eigenvalue weighted by Gasteiger charge is -2.25. The van der Waals surface area contributed by atoms with Crippen LogP contribution in [0.1, 0.15) is 19.4 Å². The summed E-state index contributed by atoms with van der Waals surface area (Å²) in [5.41, 5.74) is 1.87. The predicted molar refractivity (Wildman–Crippen MR) is 70.3 cm³/mol. The third kappa shape index (κ3) is 4.23. The van der Waals surface area contributed by atoms with E-state index in [2.05, 4.69) is 29.5 Å². The molecule has 0 radical (unpaired) electrons. The minimum absolute atomic E-state index is 0.0417. The third-order valence-electron chi connectivity index (χ3n) is 2.50. The van der Waals surface area contributed by atoms with Gasteiger partial charge in [-0.1, -0.05) is 25.4 Å². The van der Waals surface area contributed by atoms with Gasteiger partial charge in [0.2, 0.25) is 6.41 Å². The van der Waals surface area contributed by atoms with Crippen LogP contribution in [0.3, 0.4) is 0 Å². The fourth-order valence-corrected chi connectivity index (χ4v) is 1.74. The van der Waals surface area contributed by atoms with E-state index in [4.69, 9.17) is 11.6 Å². The molecule has 0 aliphatic rings. The molecule has 2 N–H and O–H groups in total. The summed E-state index contributed by atoms with van der Waals surface area (Å²) in [6.07, 6.45) is 4.10. The van der Waals surface area contributed by atoms with E-state index >= 15 is 0 Å². The van der Waals surface area contributed by atoms with Gasteiger partial charge in [-0.3, -0.25) is 9.78 Å². The Bertz CT molecular complexity index is 373. The molecule has 1 aromatic heterocycles. The second-order valence-corrected chi connectivity index (χ2v) is 5.24. The van der Waals surface area contributed by atoms with Crippen molar-refractivity contribution in [1.29, 1.82) is 0 Å². The molecule has 1 heterocycles. The maximum absolute atomic E-state index is 10.3. The Hall–Kier alpha value is -1.29. The summed E-state index contributed by atoms with van der Waals surface area (Å²) in [6.45, 7) is 7.43. The minimum atomic E-state index is -0.0417. The Morgan fingerprint density at radius 1 is 1.41 bits per heavy atom. The van der Waals surface area contributed by atoms with Crippen molar-refractivity contribution in [2.24, 2.45) is 5.41 Å². The lowest BCUT2D eigenvalue weighted by Crippen LogP contribution is -2.34. The molecule has 5 heteroatoms. The number of nitrogens with zero attached hydrogens (tertiary/aromatic N) is 1. The van der Waals surface area contributed by atoms with Crippen LogP contribution in [0.2, 0.25) is 5.02 Å². The maximum Gasteiger partial charge on any atom is 0.207 e. The van der Waals surface area contributed by atoms with E-state index < -0.39 is 0 Å². The van der Waals surface area contributed by atoms with E-state index in [0.717, 1.165) is 17.8 Å². The van der Waals surface area contributed by atoms with Gasteiger partial charge in [0, 0.05) is 25.5 Å². The molecule has 0 aliphatic heterocycles. The zero-order valence-electron chi connectivity index (χ0n) is 10.4. The molecule has 4 nitrogen and oxygen atoms in total. The van der Waals surface area contributed by atoms with E-state index in [1.807, 2.05) is 6.92 Å². The monoisotopic (exact) mass is 255 g/mol. The van der Waals surface area contributed by atoms with E-state index in [1.54, 1.807) is 12.4 Å². The average Bonchev–Trinajstić information content (AvgIpc) is 2.26. The number of halogens is 1. The van der Waals surface area contributed by atoms with Gasteiger partial charge in [-0.2, -0.15) is 0 Å². The highest BCUT2D eigenvalue weighted by Gasteiger charge is 2.18. The normalized spacial score (nSPS) is 11.1. The van der Waals surface area contributed by atoms with Gasteiger partial charge < -0.3 is 10.6 Å². The standard InChI is InChI=1S/C12H18ClN3O/c1-9-4-14-5-10(13)11(9)16-7-12(2,3)6-15-8-17/h4-5,8H,6-7H2,1-3H3,(H,14,16)(H,15,17). The zero-order chi connectivity index (χ0) is 12.9. The number of aromatic nitrogens is 1. The van der Waals surface area contributed by atoms with Crippen LogP contribution in [-0.2, 0) is 4.79 Å². The maximum atomic E-state index is 10.3. The first-order valence-electron chi connectivity index (χ1n) is 5.47. The number of nitrogens with one attached hydrogen (secondary N) is 2. The fraction of sp³-hybridized carbons (Fsp3) is 0.500. The summed E-state index contributed by atoms with van der Waals surface area (Å²) in [6, 6.07) is 0. The van der Waals surface area contributed by atoms with Crippen molar-refractivity contribution in [3.8, 4) is 0 Å². The zero-order valence-corrected chi connectivity index (χ0v) is 11.1. The third-order valence-corrected chi connectivity index (χ3v) is 2.78. The number of aryl methyl sites for hydroxylation is 1. The second kappa shape index (κ2) is 5.87. The van der Waals surface area contributed by atoms with Gasteiger partial charge in [-0.05, 0) is 17.9 Å². The number of carbonyl (C=O) groups excluding carboxylic acids is 1. The molecule has 0 aliphatic carbocycles. The van der Waals surface area contributed by atoms with Crippen LogP contribution in [0.5, 0.6) is 0 Å². The number of hydrogen-bond acceptors (Lipinski definition) is 3. The fourth-order valence-electron chi connectivity index (χ4n) is 1.46. The topological polar surface area (TPSA) is 54.0 Å². The smallest absolute Gasteiger partial charge is 0.207 e. The van der Waals surface area contributed by atoms with E-state index in [0.29, 0.717) is 18.0 Å². The van der Waals surface area contributed by atoms with Gasteiger partial charge >= 0.3 is 0 Å². The van der Waals surface area contributed by atoms with Crippen LogP contribution in [-0.4, -0.2) is 24.5 Å². The molecule has 0 bridgehead atoms. The van der Waals surface area contributed by atoms with E-state index in [-0.39, 0.29) is 5.41 Å². The van der Waals surface area contributed by atoms with Crippen molar-refractivity contribution < 1.29 is 4.79 Å². The highest BCUT2D eigenvalue weighted by Crippen LogP contribution is 2.25. The van der Waals surface area contributed by atoms with E-state index in [1.165, 1.54) is 0 Å². The van der Waals surface area contributed by atoms with Gasteiger partial charge in [0.15, 0.2) is 0 Å². The first-order chi connectivity index (χ1) is 7.96. The van der Waals surface area contributed by atoms with Gasteiger partial charge in [0.05, 0.1) is 10.7 Å². The van der Waals surface area contributed by atoms with Crippen molar-refractivity contribution in [3.05, 3.63) is 23.0 Å². The number of anilines is 1. The van der Waals surface area contributed by atoms with Gasteiger partial charge in [-0.25, -0.2) is 0 Å². The molecule has 0 saturated heterocycles. The van der Waals surface area contributed by atoms with Crippen molar-refractivity contribution in [2.75, 3.05) is 18.4 Å². The Balaban J connectivity index is 2.63. The van der Waals surface area contributed by atoms with Crippen molar-refractivity contribution in [2.45, 2.75) is 20.8 Å².